The van der Waals surface area contributed by atoms with Gasteiger partial charge in [-0.1, -0.05) is 36.4 Å². The molecule has 2 aromatic carbocycles. The molecule has 3 aromatic heterocycles. The molecule has 6 rings (SSSR count). The minimum Gasteiger partial charge on any atom is -0.496 e. The molecule has 1 aliphatic heterocycles. The van der Waals surface area contributed by atoms with E-state index in [0.29, 0.717) is 11.6 Å². The molecule has 0 saturated heterocycles. The Morgan fingerprint density at radius 1 is 1.00 bits per heavy atom. The van der Waals surface area contributed by atoms with Crippen LogP contribution < -0.4 is 10.5 Å². The number of nitrogens with two attached hydrogens (primary N) is 1. The Bertz CT molecular complexity index is 1550. The van der Waals surface area contributed by atoms with E-state index >= 15 is 0 Å². The summed E-state index contributed by atoms with van der Waals surface area (Å²) in [4.78, 5) is 22.3. The van der Waals surface area contributed by atoms with Gasteiger partial charge in [0, 0.05) is 54.4 Å². The van der Waals surface area contributed by atoms with Crippen LogP contribution in [-0.4, -0.2) is 38.5 Å². The fourth-order valence-corrected chi connectivity index (χ4v) is 5.38. The minimum atomic E-state index is 0.674. The Morgan fingerprint density at radius 3 is 2.68 bits per heavy atom. The van der Waals surface area contributed by atoms with E-state index in [4.69, 9.17) is 25.4 Å². The van der Waals surface area contributed by atoms with Crippen LogP contribution in [0, 0.1) is 0 Å². The third-order valence-electron chi connectivity index (χ3n) is 6.51. The summed E-state index contributed by atoms with van der Waals surface area (Å²) in [5.74, 6) is 1.37. The van der Waals surface area contributed by atoms with Gasteiger partial charge in [0.05, 0.1) is 47.0 Å². The van der Waals surface area contributed by atoms with Crippen molar-refractivity contribution in [2.24, 2.45) is 0 Å². The molecule has 0 atom stereocenters. The Hall–Kier alpha value is -4.14. The second-order valence-electron chi connectivity index (χ2n) is 9.06. The molecular formula is C29H26N6OS. The van der Waals surface area contributed by atoms with E-state index in [1.807, 2.05) is 35.8 Å². The van der Waals surface area contributed by atoms with Gasteiger partial charge in [-0.3, -0.25) is 9.88 Å². The topological polar surface area (TPSA) is 90.0 Å². The summed E-state index contributed by atoms with van der Waals surface area (Å²) in [5.41, 5.74) is 13.6. The minimum absolute atomic E-state index is 0.674. The monoisotopic (exact) mass is 506 g/mol. The third-order valence-corrected chi connectivity index (χ3v) is 7.48. The summed E-state index contributed by atoms with van der Waals surface area (Å²) in [5, 5.41) is 1.90. The van der Waals surface area contributed by atoms with Gasteiger partial charge in [0.25, 0.3) is 0 Å². The lowest BCUT2D eigenvalue weighted by atomic mass is 10.0. The average molecular weight is 507 g/mol. The Morgan fingerprint density at radius 2 is 1.86 bits per heavy atom. The summed E-state index contributed by atoms with van der Waals surface area (Å²) in [6.07, 6.45) is 6.37. The van der Waals surface area contributed by atoms with Gasteiger partial charge in [-0.25, -0.2) is 15.0 Å². The van der Waals surface area contributed by atoms with Crippen molar-refractivity contribution < 1.29 is 4.74 Å². The highest BCUT2D eigenvalue weighted by Crippen LogP contribution is 2.34. The van der Waals surface area contributed by atoms with E-state index in [1.54, 1.807) is 30.8 Å². The molecule has 37 heavy (non-hydrogen) atoms. The molecule has 0 aliphatic carbocycles. The number of ether oxygens (including phenoxy) is 1. The molecule has 0 radical (unpaired) electrons. The van der Waals surface area contributed by atoms with Gasteiger partial charge in [0.15, 0.2) is 5.82 Å². The third kappa shape index (κ3) is 4.94. The van der Waals surface area contributed by atoms with Crippen molar-refractivity contribution in [1.29, 1.82) is 0 Å². The predicted octanol–water partition coefficient (Wildman–Crippen LogP) is 5.48. The van der Waals surface area contributed by atoms with Gasteiger partial charge in [-0.15, -0.1) is 11.3 Å². The van der Waals surface area contributed by atoms with Crippen molar-refractivity contribution in [3.8, 4) is 39.0 Å². The maximum Gasteiger partial charge on any atom is 0.163 e. The Balaban J connectivity index is 1.25. The lowest BCUT2D eigenvalue weighted by Gasteiger charge is -2.28. The number of hydrogen-bond acceptors (Lipinski definition) is 8. The molecule has 1 aliphatic rings. The number of fused-ring (bicyclic) bond motifs is 1. The van der Waals surface area contributed by atoms with E-state index in [2.05, 4.69) is 40.2 Å². The first-order valence-electron chi connectivity index (χ1n) is 12.1. The fourth-order valence-electron chi connectivity index (χ4n) is 4.63. The largest absolute Gasteiger partial charge is 0.496 e. The second kappa shape index (κ2) is 10.1. The van der Waals surface area contributed by atoms with E-state index in [-0.39, 0.29) is 0 Å². The second-order valence-corrected chi connectivity index (χ2v) is 9.97. The first-order valence-corrected chi connectivity index (χ1v) is 13.0. The molecule has 184 valence electrons. The van der Waals surface area contributed by atoms with Crippen molar-refractivity contribution in [3.05, 3.63) is 95.4 Å². The summed E-state index contributed by atoms with van der Waals surface area (Å²) in [6.45, 7) is 2.76. The molecule has 5 aromatic rings. The standard InChI is InChI=1S/C29H26N6OS/c1-36-27-11-20(25-14-31-15-26(33-25)28-12-22(30)18-37-28)7-8-23(27)29-32-13-21-17-35(10-9-24(21)34-29)16-19-5-3-2-4-6-19/h2-8,11-15,18H,9-10,16-17,30H2,1H3. The number of rotatable bonds is 6. The van der Waals surface area contributed by atoms with Gasteiger partial charge < -0.3 is 10.5 Å². The van der Waals surface area contributed by atoms with Crippen LogP contribution in [0.4, 0.5) is 5.69 Å². The highest BCUT2D eigenvalue weighted by molar-refractivity contribution is 7.14. The fraction of sp³-hybridized carbons (Fsp3) is 0.172. The van der Waals surface area contributed by atoms with Crippen LogP contribution >= 0.6 is 11.3 Å². The molecular weight excluding hydrogens is 480 g/mol. The summed E-state index contributed by atoms with van der Waals surface area (Å²) in [6, 6.07) is 18.5. The average Bonchev–Trinajstić information content (AvgIpc) is 3.39. The molecule has 0 amide bonds. The molecule has 7 nitrogen and oxygen atoms in total. The number of hydrogen-bond donors (Lipinski definition) is 1. The molecule has 0 spiro atoms. The molecule has 0 fully saturated rings. The van der Waals surface area contributed by atoms with Crippen LogP contribution in [0.3, 0.4) is 0 Å². The molecule has 2 N–H and O–H groups in total. The lowest BCUT2D eigenvalue weighted by molar-refractivity contribution is 0.243. The van der Waals surface area contributed by atoms with Crippen molar-refractivity contribution in [2.75, 3.05) is 19.4 Å². The van der Waals surface area contributed by atoms with Crippen molar-refractivity contribution in [2.45, 2.75) is 19.5 Å². The highest BCUT2D eigenvalue weighted by Gasteiger charge is 2.20. The smallest absolute Gasteiger partial charge is 0.163 e. The van der Waals surface area contributed by atoms with Gasteiger partial charge in [0.2, 0.25) is 0 Å². The number of nitrogens with zero attached hydrogens (tertiary/aromatic N) is 5. The summed E-state index contributed by atoms with van der Waals surface area (Å²) < 4.78 is 5.76. The van der Waals surface area contributed by atoms with Crippen LogP contribution in [0.1, 0.15) is 16.8 Å². The molecule has 0 unspecified atom stereocenters. The van der Waals surface area contributed by atoms with E-state index in [1.165, 1.54) is 11.1 Å². The van der Waals surface area contributed by atoms with Gasteiger partial charge >= 0.3 is 0 Å². The van der Waals surface area contributed by atoms with Crippen molar-refractivity contribution >= 4 is 17.0 Å². The number of nitrogen functional groups attached to an aromatic ring is 1. The summed E-state index contributed by atoms with van der Waals surface area (Å²) in [7, 11) is 1.67. The van der Waals surface area contributed by atoms with Gasteiger partial charge in [0.1, 0.15) is 5.75 Å². The number of aromatic nitrogens is 4. The maximum absolute atomic E-state index is 5.89. The lowest BCUT2D eigenvalue weighted by Crippen LogP contribution is -2.30. The maximum atomic E-state index is 5.89. The quantitative estimate of drug-likeness (QED) is 0.326. The van der Waals surface area contributed by atoms with Crippen LogP contribution in [0.25, 0.3) is 33.2 Å². The number of benzene rings is 2. The number of anilines is 1. The van der Waals surface area contributed by atoms with E-state index in [0.717, 1.165) is 64.8 Å². The highest BCUT2D eigenvalue weighted by atomic mass is 32.1. The Kier molecular flexibility index (Phi) is 6.34. The number of methoxy groups -OCH3 is 1. The predicted molar refractivity (Wildman–Crippen MR) is 147 cm³/mol. The molecule has 0 saturated carbocycles. The zero-order chi connectivity index (χ0) is 25.2. The van der Waals surface area contributed by atoms with Gasteiger partial charge in [-0.2, -0.15) is 0 Å². The Labute approximate surface area is 219 Å². The van der Waals surface area contributed by atoms with E-state index in [9.17, 15) is 0 Å². The van der Waals surface area contributed by atoms with E-state index < -0.39 is 0 Å². The number of thiophene rings is 1. The zero-order valence-corrected chi connectivity index (χ0v) is 21.3. The SMILES string of the molecule is COc1cc(-c2cncc(-c3cc(N)cs3)n2)ccc1-c1ncc2c(n1)CCN(Cc1ccccc1)C2. The van der Waals surface area contributed by atoms with Gasteiger partial charge in [-0.05, 0) is 23.8 Å². The first-order chi connectivity index (χ1) is 18.2. The van der Waals surface area contributed by atoms with Crippen LogP contribution in [0.5, 0.6) is 5.75 Å². The summed E-state index contributed by atoms with van der Waals surface area (Å²) >= 11 is 1.55. The van der Waals surface area contributed by atoms with Crippen LogP contribution in [-0.2, 0) is 19.5 Å². The zero-order valence-electron chi connectivity index (χ0n) is 20.5. The molecule has 0 bridgehead atoms. The first kappa shape index (κ1) is 23.3. The van der Waals surface area contributed by atoms with Crippen LogP contribution in [0.2, 0.25) is 0 Å². The normalized spacial score (nSPS) is 13.3. The van der Waals surface area contributed by atoms with Crippen molar-refractivity contribution in [3.63, 3.8) is 0 Å². The van der Waals surface area contributed by atoms with Crippen molar-refractivity contribution in [1.82, 2.24) is 24.8 Å². The van der Waals surface area contributed by atoms with Crippen LogP contribution in [0.15, 0.2) is 78.6 Å². The molecule has 8 heteroatoms. The molecule has 4 heterocycles.